The van der Waals surface area contributed by atoms with Crippen molar-refractivity contribution in [3.63, 3.8) is 0 Å². The quantitative estimate of drug-likeness (QED) is 0.403. The molecule has 1 aliphatic heterocycles. The van der Waals surface area contributed by atoms with Gasteiger partial charge >= 0.3 is 6.09 Å². The summed E-state index contributed by atoms with van der Waals surface area (Å²) in [6.07, 6.45) is 10.2. The number of carbonyl (C=O) groups excluding carboxylic acids is 1. The van der Waals surface area contributed by atoms with Gasteiger partial charge in [-0.25, -0.2) is 14.5 Å². The number of hydrogen-bond donors (Lipinski definition) is 0. The Balaban J connectivity index is 1.14. The molecule has 1 aromatic carbocycles. The van der Waals surface area contributed by atoms with E-state index in [1.165, 1.54) is 0 Å². The lowest BCUT2D eigenvalue weighted by atomic mass is 9.78. The highest BCUT2D eigenvalue weighted by atomic mass is 35.5. The minimum Gasteiger partial charge on any atom is -0.441 e. The van der Waals surface area contributed by atoms with E-state index in [0.717, 1.165) is 43.3 Å². The molecule has 1 aliphatic carbocycles. The number of hydrogen-bond acceptors (Lipinski definition) is 7. The molecule has 2 unspecified atom stereocenters. The monoisotopic (exact) mass is 502 g/mol. The lowest BCUT2D eigenvalue weighted by Gasteiger charge is -2.36. The van der Waals surface area contributed by atoms with Crippen LogP contribution >= 0.6 is 11.6 Å². The first kappa shape index (κ1) is 22.5. The Hall–Kier alpha value is -3.97. The molecular weight excluding hydrogens is 480 g/mol. The van der Waals surface area contributed by atoms with E-state index in [0.29, 0.717) is 41.0 Å². The van der Waals surface area contributed by atoms with Gasteiger partial charge in [-0.3, -0.25) is 9.88 Å². The van der Waals surface area contributed by atoms with Gasteiger partial charge < -0.3 is 9.30 Å². The van der Waals surface area contributed by atoms with Crippen LogP contribution in [0.3, 0.4) is 0 Å². The van der Waals surface area contributed by atoms with Crippen molar-refractivity contribution in [1.82, 2.24) is 34.4 Å². The molecule has 2 fully saturated rings. The van der Waals surface area contributed by atoms with Crippen LogP contribution < -0.4 is 0 Å². The Morgan fingerprint density at radius 1 is 1.28 bits per heavy atom. The summed E-state index contributed by atoms with van der Waals surface area (Å²) in [7, 11) is 0. The zero-order valence-corrected chi connectivity index (χ0v) is 20.2. The molecule has 4 heterocycles. The molecule has 36 heavy (non-hydrogen) atoms. The number of amides is 1. The first-order chi connectivity index (χ1) is 17.5. The summed E-state index contributed by atoms with van der Waals surface area (Å²) < 4.78 is 9.69. The second-order valence-electron chi connectivity index (χ2n) is 9.60. The second-order valence-corrected chi connectivity index (χ2v) is 10.0. The Morgan fingerprint density at radius 3 is 3.06 bits per heavy atom. The van der Waals surface area contributed by atoms with Crippen molar-refractivity contribution in [2.24, 2.45) is 5.92 Å². The largest absolute Gasteiger partial charge is 0.441 e. The van der Waals surface area contributed by atoms with Gasteiger partial charge in [-0.05, 0) is 55.9 Å². The molecule has 0 bridgehead atoms. The number of carbonyl (C=O) groups is 1. The van der Waals surface area contributed by atoms with Crippen LogP contribution in [0.4, 0.5) is 4.79 Å². The Bertz CT molecular complexity index is 1490. The molecule has 2 atom stereocenters. The van der Waals surface area contributed by atoms with Crippen LogP contribution in [0.5, 0.6) is 0 Å². The predicted molar refractivity (Wildman–Crippen MR) is 130 cm³/mol. The molecule has 11 heteroatoms. The first-order valence-electron chi connectivity index (χ1n) is 11.9. The standard InChI is InChI=1S/C25H23ClN8O2/c26-19-7-21(11-28-10-19)34-14-20(30-31-34)13-32-15-25(36-24(32)35)5-1-2-18(8-25)12-33-16-29-22-4-3-17(9-27)6-23(22)33/h3-4,6-7,10-11,14,16,18H,1-2,5,8,12-13,15H2. The van der Waals surface area contributed by atoms with Crippen LogP contribution in [-0.4, -0.2) is 52.7 Å². The van der Waals surface area contributed by atoms with E-state index in [1.54, 1.807) is 40.3 Å². The van der Waals surface area contributed by atoms with Crippen molar-refractivity contribution in [3.8, 4) is 11.8 Å². The van der Waals surface area contributed by atoms with Crippen LogP contribution in [0.2, 0.25) is 5.02 Å². The second kappa shape index (κ2) is 8.91. The van der Waals surface area contributed by atoms with Crippen LogP contribution in [0.1, 0.15) is 36.9 Å². The van der Waals surface area contributed by atoms with Crippen molar-refractivity contribution in [2.45, 2.75) is 44.4 Å². The number of nitriles is 1. The number of pyridine rings is 1. The SMILES string of the molecule is N#Cc1ccc2ncn(CC3CCCC4(C3)CN(Cc3cn(-c5cncc(Cl)c5)nn3)C(=O)O4)c2c1. The van der Waals surface area contributed by atoms with Gasteiger partial charge in [-0.2, -0.15) is 5.26 Å². The lowest BCUT2D eigenvalue weighted by Crippen LogP contribution is -2.40. The van der Waals surface area contributed by atoms with E-state index in [-0.39, 0.29) is 6.09 Å². The van der Waals surface area contributed by atoms with Gasteiger partial charge in [0.25, 0.3) is 0 Å². The summed E-state index contributed by atoms with van der Waals surface area (Å²) >= 11 is 6.03. The van der Waals surface area contributed by atoms with Gasteiger partial charge in [0.1, 0.15) is 11.3 Å². The maximum Gasteiger partial charge on any atom is 0.410 e. The fourth-order valence-corrected chi connectivity index (χ4v) is 5.59. The minimum atomic E-state index is -0.499. The third kappa shape index (κ3) is 4.27. The Morgan fingerprint density at radius 2 is 2.19 bits per heavy atom. The van der Waals surface area contributed by atoms with Crippen LogP contribution in [0.25, 0.3) is 16.7 Å². The third-order valence-corrected chi connectivity index (χ3v) is 7.21. The average Bonchev–Trinajstić information content (AvgIpc) is 3.57. The van der Waals surface area contributed by atoms with Crippen molar-refractivity contribution < 1.29 is 9.53 Å². The van der Waals surface area contributed by atoms with E-state index in [9.17, 15) is 10.1 Å². The van der Waals surface area contributed by atoms with Gasteiger partial charge in [0.2, 0.25) is 0 Å². The number of imidazole rings is 1. The fraction of sp³-hybridized carbons (Fsp3) is 0.360. The number of fused-ring (bicyclic) bond motifs is 1. The molecule has 6 rings (SSSR count). The fourth-order valence-electron chi connectivity index (χ4n) is 5.42. The number of benzene rings is 1. The minimum absolute atomic E-state index is 0.318. The van der Waals surface area contributed by atoms with Crippen molar-refractivity contribution in [3.05, 3.63) is 65.5 Å². The van der Waals surface area contributed by atoms with Gasteiger partial charge in [-0.15, -0.1) is 5.10 Å². The molecule has 2 aliphatic rings. The Labute approximate surface area is 212 Å². The lowest BCUT2D eigenvalue weighted by molar-refractivity contribution is 0.00415. The first-order valence-corrected chi connectivity index (χ1v) is 12.2. The zero-order chi connectivity index (χ0) is 24.7. The maximum absolute atomic E-state index is 12.8. The molecule has 10 nitrogen and oxygen atoms in total. The number of nitrogens with zero attached hydrogens (tertiary/aromatic N) is 8. The van der Waals surface area contributed by atoms with Gasteiger partial charge in [0.05, 0.1) is 65.2 Å². The smallest absolute Gasteiger partial charge is 0.410 e. The van der Waals surface area contributed by atoms with E-state index in [4.69, 9.17) is 16.3 Å². The maximum atomic E-state index is 12.8. The van der Waals surface area contributed by atoms with Gasteiger partial charge in [0.15, 0.2) is 0 Å². The molecule has 182 valence electrons. The van der Waals surface area contributed by atoms with Crippen LogP contribution in [-0.2, 0) is 17.8 Å². The molecule has 3 aromatic heterocycles. The van der Waals surface area contributed by atoms with Crippen molar-refractivity contribution in [2.75, 3.05) is 6.54 Å². The predicted octanol–water partition coefficient (Wildman–Crippen LogP) is 4.12. The number of halogens is 1. The molecule has 1 spiro atoms. The zero-order valence-electron chi connectivity index (χ0n) is 19.4. The summed E-state index contributed by atoms with van der Waals surface area (Å²) in [6, 6.07) is 9.49. The number of aromatic nitrogens is 6. The van der Waals surface area contributed by atoms with E-state index in [2.05, 4.69) is 30.9 Å². The third-order valence-electron chi connectivity index (χ3n) is 7.00. The molecule has 0 N–H and O–H groups in total. The van der Waals surface area contributed by atoms with E-state index in [1.807, 2.05) is 18.5 Å². The molecule has 1 saturated carbocycles. The number of rotatable bonds is 5. The van der Waals surface area contributed by atoms with Gasteiger partial charge in [-0.1, -0.05) is 16.8 Å². The topological polar surface area (TPSA) is 115 Å². The van der Waals surface area contributed by atoms with E-state index < -0.39 is 5.60 Å². The highest BCUT2D eigenvalue weighted by molar-refractivity contribution is 6.30. The molecular formula is C25H23ClN8O2. The molecule has 1 amide bonds. The van der Waals surface area contributed by atoms with Gasteiger partial charge in [0, 0.05) is 12.7 Å². The summed E-state index contributed by atoms with van der Waals surface area (Å²) in [5.41, 5.74) is 3.31. The average molecular weight is 503 g/mol. The number of ether oxygens (including phenoxy) is 1. The van der Waals surface area contributed by atoms with Crippen molar-refractivity contribution in [1.29, 1.82) is 5.26 Å². The Kier molecular flexibility index (Phi) is 5.57. The van der Waals surface area contributed by atoms with E-state index >= 15 is 0 Å². The molecule has 4 aromatic rings. The molecule has 0 radical (unpaired) electrons. The van der Waals surface area contributed by atoms with Crippen LogP contribution in [0.15, 0.2) is 49.2 Å². The summed E-state index contributed by atoms with van der Waals surface area (Å²) in [6.45, 7) is 1.62. The highest BCUT2D eigenvalue weighted by Gasteiger charge is 2.48. The summed E-state index contributed by atoms with van der Waals surface area (Å²) in [4.78, 5) is 23.1. The summed E-state index contributed by atoms with van der Waals surface area (Å²) in [5.74, 6) is 0.339. The summed E-state index contributed by atoms with van der Waals surface area (Å²) in [5, 5.41) is 18.1. The highest BCUT2D eigenvalue weighted by Crippen LogP contribution is 2.41. The van der Waals surface area contributed by atoms with Crippen molar-refractivity contribution >= 4 is 28.7 Å². The van der Waals surface area contributed by atoms with Crippen LogP contribution in [0, 0.1) is 17.2 Å². The molecule has 1 saturated heterocycles. The normalized spacial score (nSPS) is 21.7.